The van der Waals surface area contributed by atoms with Gasteiger partial charge in [0.2, 0.25) is 0 Å². The highest BCUT2D eigenvalue weighted by Crippen LogP contribution is 2.25. The van der Waals surface area contributed by atoms with E-state index < -0.39 is 4.92 Å². The van der Waals surface area contributed by atoms with E-state index in [2.05, 4.69) is 5.16 Å². The van der Waals surface area contributed by atoms with E-state index in [9.17, 15) is 10.1 Å². The summed E-state index contributed by atoms with van der Waals surface area (Å²) in [6.07, 6.45) is 0. The fourth-order valence-corrected chi connectivity index (χ4v) is 2.41. The van der Waals surface area contributed by atoms with E-state index >= 15 is 0 Å². The van der Waals surface area contributed by atoms with E-state index in [4.69, 9.17) is 9.26 Å². The summed E-state index contributed by atoms with van der Waals surface area (Å²) in [4.78, 5) is 11.1. The van der Waals surface area contributed by atoms with Crippen molar-refractivity contribution in [1.82, 2.24) is 5.16 Å². The monoisotopic (exact) mass is 302 g/mol. The Morgan fingerprint density at radius 2 is 2.10 bits per heavy atom. The van der Waals surface area contributed by atoms with Gasteiger partial charge >= 0.3 is 0 Å². The molecule has 0 bridgehead atoms. The van der Waals surface area contributed by atoms with Gasteiger partial charge in [-0.2, -0.15) is 0 Å². The summed E-state index contributed by atoms with van der Waals surface area (Å²) in [5, 5.41) is 16.4. The van der Waals surface area contributed by atoms with Gasteiger partial charge in [0.25, 0.3) is 5.69 Å². The molecule has 6 nitrogen and oxygen atoms in total. The molecule has 1 aromatic carbocycles. The second-order valence-electron chi connectivity index (χ2n) is 4.20. The molecule has 0 N–H and O–H groups in total. The van der Waals surface area contributed by atoms with Gasteiger partial charge in [0, 0.05) is 18.2 Å². The fraction of sp³-hybridized carbons (Fsp3) is 0.0714. The zero-order chi connectivity index (χ0) is 14.7. The van der Waals surface area contributed by atoms with Crippen molar-refractivity contribution in [3.8, 4) is 16.4 Å². The molecule has 2 heterocycles. The summed E-state index contributed by atoms with van der Waals surface area (Å²) in [7, 11) is 0. The molecule has 0 saturated carbocycles. The van der Waals surface area contributed by atoms with Crippen LogP contribution < -0.4 is 4.74 Å². The van der Waals surface area contributed by atoms with Gasteiger partial charge in [-0.25, -0.2) is 0 Å². The molecule has 2 aromatic heterocycles. The van der Waals surface area contributed by atoms with Crippen LogP contribution in [0.15, 0.2) is 52.4 Å². The summed E-state index contributed by atoms with van der Waals surface area (Å²) in [5.74, 6) is 1.24. The minimum atomic E-state index is -0.450. The minimum Gasteiger partial charge on any atom is -0.487 e. The Bertz CT molecular complexity index is 735. The molecule has 0 atom stereocenters. The number of non-ortho nitro benzene ring substituents is 1. The van der Waals surface area contributed by atoms with E-state index in [1.807, 2.05) is 23.6 Å². The predicted molar refractivity (Wildman–Crippen MR) is 77.2 cm³/mol. The zero-order valence-electron chi connectivity index (χ0n) is 10.8. The molecule has 0 aliphatic rings. The van der Waals surface area contributed by atoms with Crippen molar-refractivity contribution in [2.45, 2.75) is 6.61 Å². The van der Waals surface area contributed by atoms with Crippen molar-refractivity contribution in [3.63, 3.8) is 0 Å². The topological polar surface area (TPSA) is 78.4 Å². The van der Waals surface area contributed by atoms with Crippen LogP contribution in [0.4, 0.5) is 5.69 Å². The summed E-state index contributed by atoms with van der Waals surface area (Å²) in [5.41, 5.74) is 0.695. The molecule has 0 unspecified atom stereocenters. The lowest BCUT2D eigenvalue weighted by Crippen LogP contribution is -1.95. The van der Waals surface area contributed by atoms with Gasteiger partial charge in [0.1, 0.15) is 18.1 Å². The van der Waals surface area contributed by atoms with Crippen LogP contribution in [0.25, 0.3) is 10.6 Å². The highest BCUT2D eigenvalue weighted by atomic mass is 32.1. The maximum Gasteiger partial charge on any atom is 0.269 e. The Balaban J connectivity index is 1.64. The fourth-order valence-electron chi connectivity index (χ4n) is 1.74. The SMILES string of the molecule is O=[N+]([O-])c1ccc(OCc2cc(-c3cccs3)on2)cc1. The second kappa shape index (κ2) is 5.76. The van der Waals surface area contributed by atoms with Crippen LogP contribution in [0.2, 0.25) is 0 Å². The highest BCUT2D eigenvalue weighted by Gasteiger charge is 2.09. The van der Waals surface area contributed by atoms with Gasteiger partial charge in [0.05, 0.1) is 9.80 Å². The maximum atomic E-state index is 10.6. The van der Waals surface area contributed by atoms with Gasteiger partial charge in [-0.1, -0.05) is 11.2 Å². The molecule has 0 spiro atoms. The van der Waals surface area contributed by atoms with Gasteiger partial charge < -0.3 is 9.26 Å². The third-order valence-electron chi connectivity index (χ3n) is 2.76. The van der Waals surface area contributed by atoms with Gasteiger partial charge in [-0.05, 0) is 23.6 Å². The molecule has 21 heavy (non-hydrogen) atoms. The van der Waals surface area contributed by atoms with E-state index in [-0.39, 0.29) is 12.3 Å². The van der Waals surface area contributed by atoms with Crippen LogP contribution in [0, 0.1) is 10.1 Å². The highest BCUT2D eigenvalue weighted by molar-refractivity contribution is 7.13. The number of thiophene rings is 1. The van der Waals surface area contributed by atoms with E-state index in [0.717, 1.165) is 4.88 Å². The van der Waals surface area contributed by atoms with Crippen LogP contribution in [-0.4, -0.2) is 10.1 Å². The average molecular weight is 302 g/mol. The third-order valence-corrected chi connectivity index (χ3v) is 3.64. The van der Waals surface area contributed by atoms with Crippen LogP contribution in [-0.2, 0) is 6.61 Å². The van der Waals surface area contributed by atoms with Crippen molar-refractivity contribution < 1.29 is 14.2 Å². The molecule has 3 rings (SSSR count). The van der Waals surface area contributed by atoms with E-state index in [1.165, 1.54) is 12.1 Å². The Kier molecular flexibility index (Phi) is 3.65. The van der Waals surface area contributed by atoms with Crippen LogP contribution in [0.1, 0.15) is 5.69 Å². The molecule has 3 aromatic rings. The van der Waals surface area contributed by atoms with Crippen molar-refractivity contribution >= 4 is 17.0 Å². The predicted octanol–water partition coefficient (Wildman–Crippen LogP) is 3.89. The van der Waals surface area contributed by atoms with Crippen LogP contribution in [0.5, 0.6) is 5.75 Å². The number of ether oxygens (including phenoxy) is 1. The lowest BCUT2D eigenvalue weighted by atomic mass is 10.3. The molecule has 7 heteroatoms. The maximum absolute atomic E-state index is 10.6. The van der Waals surface area contributed by atoms with E-state index in [0.29, 0.717) is 17.2 Å². The number of rotatable bonds is 5. The van der Waals surface area contributed by atoms with Gasteiger partial charge in [-0.3, -0.25) is 10.1 Å². The third kappa shape index (κ3) is 3.09. The summed E-state index contributed by atoms with van der Waals surface area (Å²) >= 11 is 1.57. The number of hydrogen-bond donors (Lipinski definition) is 0. The first-order valence-electron chi connectivity index (χ1n) is 6.09. The number of nitrogens with zero attached hydrogens (tertiary/aromatic N) is 2. The Morgan fingerprint density at radius 3 is 2.76 bits per heavy atom. The van der Waals surface area contributed by atoms with Crippen molar-refractivity contribution in [2.75, 3.05) is 0 Å². The standard InChI is InChI=1S/C14H10N2O4S/c17-16(18)11-3-5-12(6-4-11)19-9-10-8-13(20-15-10)14-2-1-7-21-14/h1-8H,9H2. The average Bonchev–Trinajstić information content (AvgIpc) is 3.16. The van der Waals surface area contributed by atoms with E-state index in [1.54, 1.807) is 23.5 Å². The molecular weight excluding hydrogens is 292 g/mol. The summed E-state index contributed by atoms with van der Waals surface area (Å²) in [6, 6.07) is 11.6. The zero-order valence-corrected chi connectivity index (χ0v) is 11.6. The first-order valence-corrected chi connectivity index (χ1v) is 6.97. The smallest absolute Gasteiger partial charge is 0.269 e. The summed E-state index contributed by atoms with van der Waals surface area (Å²) in [6.45, 7) is 0.243. The number of hydrogen-bond acceptors (Lipinski definition) is 6. The lowest BCUT2D eigenvalue weighted by Gasteiger charge is -2.02. The Labute approximate surface area is 123 Å². The number of nitro groups is 1. The largest absolute Gasteiger partial charge is 0.487 e. The Morgan fingerprint density at radius 1 is 1.29 bits per heavy atom. The summed E-state index contributed by atoms with van der Waals surface area (Å²) < 4.78 is 10.8. The lowest BCUT2D eigenvalue weighted by molar-refractivity contribution is -0.384. The van der Waals surface area contributed by atoms with Crippen LogP contribution >= 0.6 is 11.3 Å². The first kappa shape index (κ1) is 13.3. The molecule has 0 amide bonds. The van der Waals surface area contributed by atoms with Gasteiger partial charge in [-0.15, -0.1) is 11.3 Å². The molecule has 106 valence electrons. The van der Waals surface area contributed by atoms with Gasteiger partial charge in [0.15, 0.2) is 5.76 Å². The molecule has 0 saturated heterocycles. The quantitative estimate of drug-likeness (QED) is 0.527. The van der Waals surface area contributed by atoms with Crippen molar-refractivity contribution in [1.29, 1.82) is 0 Å². The minimum absolute atomic E-state index is 0.0313. The molecule has 0 aliphatic heterocycles. The molecule has 0 aliphatic carbocycles. The number of aromatic nitrogens is 1. The normalized spacial score (nSPS) is 10.5. The Hall–Kier alpha value is -2.67. The molecule has 0 radical (unpaired) electrons. The molecular formula is C14H10N2O4S. The number of benzene rings is 1. The van der Waals surface area contributed by atoms with Crippen molar-refractivity contribution in [3.05, 3.63) is 63.7 Å². The molecule has 0 fully saturated rings. The number of nitro benzene ring substituents is 1. The van der Waals surface area contributed by atoms with Crippen molar-refractivity contribution in [2.24, 2.45) is 0 Å². The first-order chi connectivity index (χ1) is 10.2. The second-order valence-corrected chi connectivity index (χ2v) is 5.15. The van der Waals surface area contributed by atoms with Crippen LogP contribution in [0.3, 0.4) is 0 Å².